The van der Waals surface area contributed by atoms with E-state index in [1.165, 1.54) is 42.3 Å². The lowest BCUT2D eigenvalue weighted by molar-refractivity contribution is -0.159. The Hall–Kier alpha value is -2.36. The largest absolute Gasteiger partial charge is 0.354 e. The average molecular weight is 450 g/mol. The number of fused-ring (bicyclic) bond motifs is 2. The number of amides is 2. The second-order valence-electron chi connectivity index (χ2n) is 7.93. The Morgan fingerprint density at radius 2 is 1.68 bits per heavy atom. The molecule has 1 unspecified atom stereocenters. The summed E-state index contributed by atoms with van der Waals surface area (Å²) in [6, 6.07) is 7.30. The molecule has 9 heteroatoms. The van der Waals surface area contributed by atoms with Gasteiger partial charge in [0.2, 0.25) is 0 Å². The lowest BCUT2D eigenvalue weighted by Crippen LogP contribution is -2.19. The molecule has 0 fully saturated rings. The molecule has 6 nitrogen and oxygen atoms in total. The van der Waals surface area contributed by atoms with Crippen LogP contribution in [0.1, 0.15) is 53.7 Å². The molecule has 0 aliphatic heterocycles. The van der Waals surface area contributed by atoms with E-state index in [0.717, 1.165) is 55.3 Å². The lowest BCUT2D eigenvalue weighted by atomic mass is 9.99. The van der Waals surface area contributed by atoms with E-state index < -0.39 is 28.7 Å². The first kappa shape index (κ1) is 21.9. The van der Waals surface area contributed by atoms with Gasteiger partial charge in [0.15, 0.2) is 0 Å². The molecular formula is C22H25F2N3O3S. The van der Waals surface area contributed by atoms with E-state index in [9.17, 15) is 17.8 Å². The molecule has 0 radical (unpaired) electrons. The molecule has 0 bridgehead atoms. The van der Waals surface area contributed by atoms with Crippen molar-refractivity contribution in [1.82, 2.24) is 0 Å². The number of nitrogens with two attached hydrogens (primary N) is 1. The SMILES string of the molecule is C[C@H](OC(F)F)c1ccc(S(N)(=O)=NC(=O)Nc2c3c(cc4c2CCC4)CCC3)cc1. The molecule has 0 spiro atoms. The molecule has 2 atom stereocenters. The number of aryl methyl sites for hydroxylation is 2. The van der Waals surface area contributed by atoms with E-state index in [1.807, 2.05) is 0 Å². The number of carbonyl (C=O) groups excluding carboxylic acids is 1. The van der Waals surface area contributed by atoms with Gasteiger partial charge in [0.05, 0.1) is 11.0 Å². The van der Waals surface area contributed by atoms with E-state index in [4.69, 9.17) is 5.14 Å². The van der Waals surface area contributed by atoms with Crippen LogP contribution in [-0.4, -0.2) is 16.9 Å². The first-order valence-electron chi connectivity index (χ1n) is 10.3. The van der Waals surface area contributed by atoms with Crippen molar-refractivity contribution in [2.24, 2.45) is 9.50 Å². The third-order valence-corrected chi connectivity index (χ3v) is 7.30. The first-order chi connectivity index (χ1) is 14.7. The number of halogens is 2. The van der Waals surface area contributed by atoms with Crippen molar-refractivity contribution < 1.29 is 22.5 Å². The fourth-order valence-corrected chi connectivity index (χ4v) is 5.36. The van der Waals surface area contributed by atoms with Gasteiger partial charge in [-0.3, -0.25) is 0 Å². The smallest absolute Gasteiger partial charge is 0.315 e. The van der Waals surface area contributed by atoms with Crippen molar-refractivity contribution in [3.63, 3.8) is 0 Å². The third kappa shape index (κ3) is 4.63. The number of benzene rings is 2. The minimum Gasteiger partial charge on any atom is -0.315 e. The second kappa shape index (κ2) is 8.64. The molecule has 0 saturated heterocycles. The summed E-state index contributed by atoms with van der Waals surface area (Å²) in [5.41, 5.74) is 6.09. The average Bonchev–Trinajstić information content (AvgIpc) is 3.36. The van der Waals surface area contributed by atoms with E-state index >= 15 is 0 Å². The van der Waals surface area contributed by atoms with Crippen LogP contribution >= 0.6 is 0 Å². The van der Waals surface area contributed by atoms with Crippen molar-refractivity contribution in [2.45, 2.75) is 63.1 Å². The Labute approximate surface area is 180 Å². The quantitative estimate of drug-likeness (QED) is 0.680. The van der Waals surface area contributed by atoms with Crippen LogP contribution in [0.5, 0.6) is 0 Å². The van der Waals surface area contributed by atoms with Gasteiger partial charge in [-0.05, 0) is 85.4 Å². The molecule has 2 amide bonds. The maximum absolute atomic E-state index is 12.9. The fraction of sp³-hybridized carbons (Fsp3) is 0.409. The Morgan fingerprint density at radius 3 is 2.23 bits per heavy atom. The predicted octanol–water partition coefficient (Wildman–Crippen LogP) is 4.90. The summed E-state index contributed by atoms with van der Waals surface area (Å²) >= 11 is 0. The van der Waals surface area contributed by atoms with Gasteiger partial charge >= 0.3 is 12.6 Å². The van der Waals surface area contributed by atoms with Gasteiger partial charge in [-0.15, -0.1) is 4.36 Å². The third-order valence-electron chi connectivity index (χ3n) is 5.92. The van der Waals surface area contributed by atoms with Gasteiger partial charge < -0.3 is 10.1 Å². The number of rotatable bonds is 5. The zero-order valence-corrected chi connectivity index (χ0v) is 18.0. The van der Waals surface area contributed by atoms with E-state index in [2.05, 4.69) is 20.5 Å². The van der Waals surface area contributed by atoms with Crippen LogP contribution in [0.3, 0.4) is 0 Å². The van der Waals surface area contributed by atoms with Crippen molar-refractivity contribution in [3.8, 4) is 0 Å². The number of nitrogens with zero attached hydrogens (tertiary/aromatic N) is 1. The molecule has 0 heterocycles. The molecule has 2 aromatic carbocycles. The van der Waals surface area contributed by atoms with Gasteiger partial charge in [-0.1, -0.05) is 18.2 Å². The monoisotopic (exact) mass is 449 g/mol. The highest BCUT2D eigenvalue weighted by Crippen LogP contribution is 2.38. The Bertz CT molecular complexity index is 1090. The second-order valence-corrected chi connectivity index (χ2v) is 9.72. The summed E-state index contributed by atoms with van der Waals surface area (Å²) in [7, 11) is -3.50. The van der Waals surface area contributed by atoms with Gasteiger partial charge in [-0.2, -0.15) is 8.78 Å². The minimum atomic E-state index is -3.50. The van der Waals surface area contributed by atoms with Gasteiger partial charge in [0.25, 0.3) is 0 Å². The first-order valence-corrected chi connectivity index (χ1v) is 11.9. The highest BCUT2D eigenvalue weighted by molar-refractivity contribution is 7.91. The Morgan fingerprint density at radius 1 is 1.10 bits per heavy atom. The zero-order chi connectivity index (χ0) is 22.2. The summed E-state index contributed by atoms with van der Waals surface area (Å²) < 4.78 is 45.9. The molecular weight excluding hydrogens is 424 g/mol. The van der Waals surface area contributed by atoms with Crippen LogP contribution in [0.2, 0.25) is 0 Å². The van der Waals surface area contributed by atoms with Crippen LogP contribution in [0.15, 0.2) is 39.6 Å². The van der Waals surface area contributed by atoms with E-state index in [0.29, 0.717) is 5.56 Å². The number of carbonyl (C=O) groups is 1. The summed E-state index contributed by atoms with van der Waals surface area (Å²) in [4.78, 5) is 12.8. The Balaban J connectivity index is 1.57. The highest BCUT2D eigenvalue weighted by atomic mass is 32.2. The number of urea groups is 1. The number of nitrogens with one attached hydrogen (secondary N) is 1. The number of hydrogen-bond acceptors (Lipinski definition) is 3. The standard InChI is InChI=1S/C22H25F2N3O3S/c1-13(30-21(23)24)14-8-10-17(11-9-14)31(25,29)27-22(28)26-20-18-6-2-4-15(18)12-16-5-3-7-19(16)20/h8-13,21H,2-7H2,1H3,(H3,25,26,27,28,29)/t13-,31?/m0/s1. The van der Waals surface area contributed by atoms with Crippen LogP contribution in [-0.2, 0) is 40.3 Å². The number of anilines is 1. The van der Waals surface area contributed by atoms with Crippen LogP contribution in [0.25, 0.3) is 0 Å². The fourth-order valence-electron chi connectivity index (χ4n) is 4.44. The number of alkyl halides is 2. The highest BCUT2D eigenvalue weighted by Gasteiger charge is 2.25. The van der Waals surface area contributed by atoms with Gasteiger partial charge in [0.1, 0.15) is 9.92 Å². The number of ether oxygens (including phenoxy) is 1. The zero-order valence-electron chi connectivity index (χ0n) is 17.2. The van der Waals surface area contributed by atoms with Crippen molar-refractivity contribution >= 4 is 21.6 Å². The van der Waals surface area contributed by atoms with Crippen LogP contribution in [0.4, 0.5) is 19.3 Å². The van der Waals surface area contributed by atoms with Crippen molar-refractivity contribution in [2.75, 3.05) is 5.32 Å². The topological polar surface area (TPSA) is 93.8 Å². The molecule has 2 aromatic rings. The van der Waals surface area contributed by atoms with E-state index in [1.54, 1.807) is 0 Å². The molecule has 4 rings (SSSR count). The van der Waals surface area contributed by atoms with E-state index in [-0.39, 0.29) is 4.90 Å². The summed E-state index contributed by atoms with van der Waals surface area (Å²) in [6.07, 6.45) is 5.04. The molecule has 0 aromatic heterocycles. The molecule has 31 heavy (non-hydrogen) atoms. The van der Waals surface area contributed by atoms with Crippen LogP contribution < -0.4 is 10.5 Å². The summed E-state index contributed by atoms with van der Waals surface area (Å²) in [5.74, 6) is 0. The normalized spacial score (nSPS) is 17.7. The molecule has 0 saturated carbocycles. The summed E-state index contributed by atoms with van der Waals surface area (Å²) in [6.45, 7) is -1.41. The summed E-state index contributed by atoms with van der Waals surface area (Å²) in [5, 5.41) is 8.73. The molecule has 166 valence electrons. The number of hydrogen-bond donors (Lipinski definition) is 2. The maximum atomic E-state index is 12.9. The maximum Gasteiger partial charge on any atom is 0.354 e. The molecule has 3 N–H and O–H groups in total. The van der Waals surface area contributed by atoms with Crippen LogP contribution in [0, 0.1) is 0 Å². The molecule has 2 aliphatic rings. The van der Waals surface area contributed by atoms with Crippen molar-refractivity contribution in [1.29, 1.82) is 0 Å². The van der Waals surface area contributed by atoms with Crippen molar-refractivity contribution in [3.05, 3.63) is 58.1 Å². The predicted molar refractivity (Wildman–Crippen MR) is 114 cm³/mol. The molecule has 2 aliphatic carbocycles. The lowest BCUT2D eigenvalue weighted by Gasteiger charge is -2.15. The van der Waals surface area contributed by atoms with Gasteiger partial charge in [-0.25, -0.2) is 14.1 Å². The van der Waals surface area contributed by atoms with Gasteiger partial charge in [0, 0.05) is 5.69 Å². The minimum absolute atomic E-state index is 0.138. The Kier molecular flexibility index (Phi) is 6.09.